The second kappa shape index (κ2) is 5.87. The van der Waals surface area contributed by atoms with Crippen molar-refractivity contribution in [2.75, 3.05) is 6.61 Å². The van der Waals surface area contributed by atoms with Crippen LogP contribution in [0.2, 0.25) is 0 Å². The summed E-state index contributed by atoms with van der Waals surface area (Å²) in [5.74, 6) is -0.764. The molecule has 86 valence electrons. The van der Waals surface area contributed by atoms with Gasteiger partial charge in [-0.15, -0.1) is 0 Å². The maximum Gasteiger partial charge on any atom is 0.271 e. The van der Waals surface area contributed by atoms with Crippen LogP contribution in [0.25, 0.3) is 0 Å². The number of rotatable bonds is 5. The molecule has 0 spiro atoms. The quantitative estimate of drug-likeness (QED) is 0.440. The second-order valence-corrected chi connectivity index (χ2v) is 3.15. The molecule has 3 N–H and O–H groups in total. The third-order valence-electron chi connectivity index (χ3n) is 2.03. The fourth-order valence-corrected chi connectivity index (χ4v) is 1.23. The Morgan fingerprint density at radius 3 is 2.50 bits per heavy atom. The molecule has 5 nitrogen and oxygen atoms in total. The van der Waals surface area contributed by atoms with Crippen molar-refractivity contribution < 1.29 is 14.7 Å². The predicted octanol–water partition coefficient (Wildman–Crippen LogP) is 0.887. The zero-order chi connectivity index (χ0) is 12.0. The van der Waals surface area contributed by atoms with Gasteiger partial charge < -0.3 is 15.7 Å². The molecule has 0 aliphatic heterocycles. The molecule has 16 heavy (non-hydrogen) atoms. The molecule has 5 heteroatoms. The van der Waals surface area contributed by atoms with Crippen molar-refractivity contribution in [2.45, 2.75) is 13.5 Å². The monoisotopic (exact) mass is 222 g/mol. The first-order valence-corrected chi connectivity index (χ1v) is 4.88. The lowest BCUT2D eigenvalue weighted by Crippen LogP contribution is -2.24. The Morgan fingerprint density at radius 1 is 1.44 bits per heavy atom. The van der Waals surface area contributed by atoms with E-state index in [-0.39, 0.29) is 5.71 Å². The Kier molecular flexibility index (Phi) is 4.47. The topological polar surface area (TPSA) is 84.9 Å². The van der Waals surface area contributed by atoms with Gasteiger partial charge in [-0.05, 0) is 12.5 Å². The zero-order valence-corrected chi connectivity index (χ0v) is 9.01. The van der Waals surface area contributed by atoms with Crippen LogP contribution in [0.5, 0.6) is 0 Å². The summed E-state index contributed by atoms with van der Waals surface area (Å²) in [6.45, 7) is 3.07. The maximum atomic E-state index is 10.9. The van der Waals surface area contributed by atoms with E-state index in [4.69, 9.17) is 15.7 Å². The van der Waals surface area contributed by atoms with E-state index in [0.717, 1.165) is 5.56 Å². The van der Waals surface area contributed by atoms with Crippen molar-refractivity contribution in [3.63, 3.8) is 0 Å². The van der Waals surface area contributed by atoms with Crippen molar-refractivity contribution in [3.05, 3.63) is 35.4 Å². The van der Waals surface area contributed by atoms with Crippen LogP contribution >= 0.6 is 0 Å². The normalized spacial score (nSPS) is 11.4. The second-order valence-electron chi connectivity index (χ2n) is 3.15. The first kappa shape index (κ1) is 12.2. The smallest absolute Gasteiger partial charge is 0.271 e. The van der Waals surface area contributed by atoms with E-state index in [1.54, 1.807) is 24.3 Å². The summed E-state index contributed by atoms with van der Waals surface area (Å²) in [5.41, 5.74) is 6.35. The highest BCUT2D eigenvalue weighted by atomic mass is 16.5. The molecule has 0 unspecified atom stereocenters. The van der Waals surface area contributed by atoms with E-state index in [9.17, 15) is 4.79 Å². The molecule has 0 saturated carbocycles. The summed E-state index contributed by atoms with van der Waals surface area (Å²) >= 11 is 0. The number of benzene rings is 1. The van der Waals surface area contributed by atoms with Crippen molar-refractivity contribution in [1.29, 1.82) is 0 Å². The van der Waals surface area contributed by atoms with Crippen LogP contribution in [0.15, 0.2) is 29.4 Å². The van der Waals surface area contributed by atoms with Crippen LogP contribution in [0.4, 0.5) is 0 Å². The molecule has 0 aliphatic rings. The fraction of sp³-hybridized carbons (Fsp3) is 0.273. The van der Waals surface area contributed by atoms with Gasteiger partial charge in [-0.3, -0.25) is 4.79 Å². The van der Waals surface area contributed by atoms with E-state index in [1.807, 2.05) is 6.92 Å². The Hall–Kier alpha value is -1.88. The van der Waals surface area contributed by atoms with Gasteiger partial charge in [-0.25, -0.2) is 0 Å². The third-order valence-corrected chi connectivity index (χ3v) is 2.03. The molecular weight excluding hydrogens is 208 g/mol. The molecule has 1 rings (SSSR count). The van der Waals surface area contributed by atoms with Gasteiger partial charge in [-0.2, -0.15) is 0 Å². The molecule has 0 bridgehead atoms. The number of ether oxygens (including phenoxy) is 1. The lowest BCUT2D eigenvalue weighted by Gasteiger charge is -2.03. The number of carbonyl (C=O) groups excluding carboxylic acids is 1. The number of amides is 1. The number of hydrogen-bond donors (Lipinski definition) is 2. The van der Waals surface area contributed by atoms with E-state index >= 15 is 0 Å². The molecule has 0 aromatic heterocycles. The largest absolute Gasteiger partial charge is 0.410 e. The summed E-state index contributed by atoms with van der Waals surface area (Å²) in [7, 11) is 0. The highest BCUT2D eigenvalue weighted by Gasteiger charge is 2.10. The van der Waals surface area contributed by atoms with Crippen molar-refractivity contribution in [1.82, 2.24) is 0 Å². The minimum Gasteiger partial charge on any atom is -0.410 e. The molecular formula is C11H14N2O3. The van der Waals surface area contributed by atoms with Crippen LogP contribution in [0.3, 0.4) is 0 Å². The maximum absolute atomic E-state index is 10.9. The minimum atomic E-state index is -0.764. The third kappa shape index (κ3) is 3.06. The molecule has 0 radical (unpaired) electrons. The summed E-state index contributed by atoms with van der Waals surface area (Å²) < 4.78 is 5.22. The standard InChI is InChI=1S/C11H14N2O3/c1-2-16-7-8-3-5-9(6-4-8)10(13-15)11(12)14/h3-6,15H,2,7H2,1H3,(H2,12,14). The number of hydrogen-bond acceptors (Lipinski definition) is 4. The summed E-state index contributed by atoms with van der Waals surface area (Å²) in [6.07, 6.45) is 0. The Bertz CT molecular complexity index is 385. The molecule has 0 aliphatic carbocycles. The zero-order valence-electron chi connectivity index (χ0n) is 9.01. The summed E-state index contributed by atoms with van der Waals surface area (Å²) in [4.78, 5) is 10.9. The molecule has 0 fully saturated rings. The van der Waals surface area contributed by atoms with Crippen LogP contribution in [0, 0.1) is 0 Å². The number of oxime groups is 1. The van der Waals surface area contributed by atoms with Gasteiger partial charge in [0.1, 0.15) is 0 Å². The van der Waals surface area contributed by atoms with Gasteiger partial charge in [0.25, 0.3) is 5.91 Å². The van der Waals surface area contributed by atoms with E-state index in [0.29, 0.717) is 18.8 Å². The van der Waals surface area contributed by atoms with Crippen molar-refractivity contribution in [3.8, 4) is 0 Å². The van der Waals surface area contributed by atoms with Crippen molar-refractivity contribution >= 4 is 11.6 Å². The number of nitrogens with two attached hydrogens (primary N) is 1. The number of carbonyl (C=O) groups is 1. The molecule has 0 atom stereocenters. The molecule has 0 heterocycles. The van der Waals surface area contributed by atoms with E-state index < -0.39 is 5.91 Å². The number of primary amides is 1. The van der Waals surface area contributed by atoms with Crippen LogP contribution in [-0.4, -0.2) is 23.4 Å². The van der Waals surface area contributed by atoms with E-state index in [2.05, 4.69) is 5.16 Å². The predicted molar refractivity (Wildman–Crippen MR) is 59.3 cm³/mol. The van der Waals surface area contributed by atoms with Gasteiger partial charge in [0, 0.05) is 12.2 Å². The first-order chi connectivity index (χ1) is 7.69. The summed E-state index contributed by atoms with van der Waals surface area (Å²) in [5, 5.41) is 11.5. The number of nitrogens with zero attached hydrogens (tertiary/aromatic N) is 1. The highest BCUT2D eigenvalue weighted by Crippen LogP contribution is 2.07. The highest BCUT2D eigenvalue weighted by molar-refractivity contribution is 6.44. The van der Waals surface area contributed by atoms with Crippen LogP contribution < -0.4 is 5.73 Å². The average Bonchev–Trinajstić information content (AvgIpc) is 2.28. The Labute approximate surface area is 93.5 Å². The van der Waals surface area contributed by atoms with Gasteiger partial charge in [0.15, 0.2) is 5.71 Å². The molecule has 0 saturated heterocycles. The SMILES string of the molecule is CCOCc1ccc(C(=NO)C(N)=O)cc1. The first-order valence-electron chi connectivity index (χ1n) is 4.88. The van der Waals surface area contributed by atoms with Crippen LogP contribution in [-0.2, 0) is 16.1 Å². The minimum absolute atomic E-state index is 0.150. The average molecular weight is 222 g/mol. The van der Waals surface area contributed by atoms with Gasteiger partial charge in [0.05, 0.1) is 6.61 Å². The molecule has 1 aromatic rings. The lowest BCUT2D eigenvalue weighted by molar-refractivity contribution is -0.112. The van der Waals surface area contributed by atoms with E-state index in [1.165, 1.54) is 0 Å². The molecule has 1 aromatic carbocycles. The van der Waals surface area contributed by atoms with Gasteiger partial charge >= 0.3 is 0 Å². The fourth-order valence-electron chi connectivity index (χ4n) is 1.23. The summed E-state index contributed by atoms with van der Waals surface area (Å²) in [6, 6.07) is 6.90. The van der Waals surface area contributed by atoms with Gasteiger partial charge in [0.2, 0.25) is 0 Å². The van der Waals surface area contributed by atoms with Gasteiger partial charge in [-0.1, -0.05) is 29.4 Å². The van der Waals surface area contributed by atoms with Crippen LogP contribution in [0.1, 0.15) is 18.1 Å². The Morgan fingerprint density at radius 2 is 2.06 bits per heavy atom. The Balaban J connectivity index is 2.82. The molecule has 1 amide bonds. The van der Waals surface area contributed by atoms with Crippen molar-refractivity contribution in [2.24, 2.45) is 10.9 Å². The lowest BCUT2D eigenvalue weighted by atomic mass is 10.1.